The van der Waals surface area contributed by atoms with Gasteiger partial charge >= 0.3 is 12.4 Å². The molecule has 2 N–H and O–H groups in total. The fourth-order valence-corrected chi connectivity index (χ4v) is 4.56. The predicted molar refractivity (Wildman–Crippen MR) is 128 cm³/mol. The molecule has 1 aliphatic heterocycles. The standard InChI is InChI=1S/C24H15Cl2F6N3O3/c25-13-7-12(8-14(26)9-13)22(24(30,31)32)10-19(35-38-22)17-5-6-18(16-4-2-1-3-15(16)17)21(36)33-11-20(34-37)23(27,28)29/h1-9,37H,10-11H2,(H,33,36). The van der Waals surface area contributed by atoms with E-state index < -0.39 is 42.5 Å². The summed E-state index contributed by atoms with van der Waals surface area (Å²) in [5, 5.41) is 17.0. The average molecular weight is 578 g/mol. The molecule has 1 atom stereocenters. The molecule has 0 aliphatic carbocycles. The number of alkyl halides is 6. The van der Waals surface area contributed by atoms with Crippen molar-refractivity contribution in [2.75, 3.05) is 6.54 Å². The molecule has 14 heteroatoms. The lowest BCUT2D eigenvalue weighted by Crippen LogP contribution is -2.42. The predicted octanol–water partition coefficient (Wildman–Crippen LogP) is 6.85. The third kappa shape index (κ3) is 5.10. The second-order valence-electron chi connectivity index (χ2n) is 8.22. The number of halogens is 8. The summed E-state index contributed by atoms with van der Waals surface area (Å²) >= 11 is 11.9. The Morgan fingerprint density at radius 3 is 2.24 bits per heavy atom. The average Bonchev–Trinajstić information content (AvgIpc) is 3.29. The first-order valence-electron chi connectivity index (χ1n) is 10.6. The number of rotatable bonds is 5. The van der Waals surface area contributed by atoms with Crippen LogP contribution in [-0.2, 0) is 10.4 Å². The Hall–Kier alpha value is -3.51. The largest absolute Gasteiger partial charge is 0.435 e. The fourth-order valence-electron chi connectivity index (χ4n) is 4.04. The molecule has 3 aromatic carbocycles. The highest BCUT2D eigenvalue weighted by Gasteiger charge is 2.62. The molecule has 0 radical (unpaired) electrons. The Labute approximate surface area is 220 Å². The van der Waals surface area contributed by atoms with E-state index in [1.54, 1.807) is 12.1 Å². The zero-order valence-electron chi connectivity index (χ0n) is 18.8. The van der Waals surface area contributed by atoms with E-state index in [1.807, 2.05) is 5.32 Å². The van der Waals surface area contributed by atoms with Crippen LogP contribution in [0, 0.1) is 0 Å². The van der Waals surface area contributed by atoms with Crippen LogP contribution in [-0.4, -0.2) is 41.4 Å². The smallest absolute Gasteiger partial charge is 0.411 e. The van der Waals surface area contributed by atoms with E-state index in [9.17, 15) is 31.1 Å². The van der Waals surface area contributed by atoms with E-state index in [4.69, 9.17) is 33.2 Å². The maximum absolute atomic E-state index is 14.4. The summed E-state index contributed by atoms with van der Waals surface area (Å²) < 4.78 is 81.5. The second kappa shape index (κ2) is 9.99. The van der Waals surface area contributed by atoms with Crippen LogP contribution >= 0.6 is 23.2 Å². The van der Waals surface area contributed by atoms with E-state index in [0.29, 0.717) is 5.39 Å². The van der Waals surface area contributed by atoms with Crippen LogP contribution in [0.2, 0.25) is 10.0 Å². The van der Waals surface area contributed by atoms with Crippen molar-refractivity contribution >= 4 is 51.3 Å². The number of nitrogens with one attached hydrogen (secondary N) is 1. The van der Waals surface area contributed by atoms with E-state index >= 15 is 0 Å². The maximum atomic E-state index is 14.4. The molecule has 0 saturated heterocycles. The topological polar surface area (TPSA) is 83.3 Å². The first kappa shape index (κ1) is 27.5. The molecule has 3 aromatic rings. The monoisotopic (exact) mass is 577 g/mol. The number of carbonyl (C=O) groups excluding carboxylic acids is 1. The van der Waals surface area contributed by atoms with E-state index in [2.05, 4.69) is 10.3 Å². The first-order chi connectivity index (χ1) is 17.8. The highest BCUT2D eigenvalue weighted by Crippen LogP contribution is 2.50. The van der Waals surface area contributed by atoms with Gasteiger partial charge in [-0.05, 0) is 35.0 Å². The molecule has 1 unspecified atom stereocenters. The van der Waals surface area contributed by atoms with E-state index in [-0.39, 0.29) is 37.8 Å². The number of nitrogens with zero attached hydrogens (tertiary/aromatic N) is 2. The molecule has 0 spiro atoms. The van der Waals surface area contributed by atoms with Crippen LogP contribution in [0.4, 0.5) is 26.3 Å². The number of hydrogen-bond donors (Lipinski definition) is 2. The summed E-state index contributed by atoms with van der Waals surface area (Å²) in [7, 11) is 0. The lowest BCUT2D eigenvalue weighted by atomic mass is 9.85. The van der Waals surface area contributed by atoms with Crippen molar-refractivity contribution in [3.8, 4) is 0 Å². The van der Waals surface area contributed by atoms with Gasteiger partial charge in [0.1, 0.15) is 0 Å². The summed E-state index contributed by atoms with van der Waals surface area (Å²) in [4.78, 5) is 17.7. The Balaban J connectivity index is 1.70. The Morgan fingerprint density at radius 1 is 1.03 bits per heavy atom. The molecule has 1 heterocycles. The van der Waals surface area contributed by atoms with Crippen LogP contribution in [0.25, 0.3) is 10.8 Å². The minimum absolute atomic E-state index is 0.0334. The Morgan fingerprint density at radius 2 is 1.66 bits per heavy atom. The minimum atomic E-state index is -4.97. The van der Waals surface area contributed by atoms with Gasteiger partial charge in [-0.1, -0.05) is 63.8 Å². The molecule has 6 nitrogen and oxygen atoms in total. The molecule has 0 bridgehead atoms. The van der Waals surface area contributed by atoms with Crippen molar-refractivity contribution in [2.45, 2.75) is 24.4 Å². The molecule has 1 amide bonds. The molecule has 0 fully saturated rings. The zero-order chi connectivity index (χ0) is 27.9. The van der Waals surface area contributed by atoms with Crippen molar-refractivity contribution in [2.24, 2.45) is 10.3 Å². The van der Waals surface area contributed by atoms with E-state index in [0.717, 1.165) is 12.1 Å². The molecular formula is C24H15Cl2F6N3O3. The summed E-state index contributed by atoms with van der Waals surface area (Å²) in [6.07, 6.45) is -10.6. The number of carbonyl (C=O) groups is 1. The molecular weight excluding hydrogens is 563 g/mol. The van der Waals surface area contributed by atoms with Gasteiger partial charge in [0.25, 0.3) is 11.5 Å². The number of amides is 1. The Bertz CT molecular complexity index is 1450. The third-order valence-corrected chi connectivity index (χ3v) is 6.30. The van der Waals surface area contributed by atoms with Crippen molar-refractivity contribution < 1.29 is 41.2 Å². The van der Waals surface area contributed by atoms with Gasteiger partial charge in [0.05, 0.1) is 12.3 Å². The Kier molecular flexibility index (Phi) is 7.23. The highest BCUT2D eigenvalue weighted by molar-refractivity contribution is 6.34. The minimum Gasteiger partial charge on any atom is -0.411 e. The number of fused-ring (bicyclic) bond motifs is 1. The summed E-state index contributed by atoms with van der Waals surface area (Å²) in [5.74, 6) is -0.930. The lowest BCUT2D eigenvalue weighted by molar-refractivity contribution is -0.275. The van der Waals surface area contributed by atoms with Gasteiger partial charge in [0.15, 0.2) is 5.71 Å². The normalized spacial score (nSPS) is 18.3. The summed E-state index contributed by atoms with van der Waals surface area (Å²) in [6.45, 7) is -1.11. The number of oxime groups is 2. The second-order valence-corrected chi connectivity index (χ2v) is 9.10. The van der Waals surface area contributed by atoms with Crippen molar-refractivity contribution in [3.05, 3.63) is 81.3 Å². The van der Waals surface area contributed by atoms with E-state index in [1.165, 1.54) is 30.3 Å². The summed E-state index contributed by atoms with van der Waals surface area (Å²) in [6, 6.07) is 12.1. The third-order valence-electron chi connectivity index (χ3n) is 5.86. The van der Waals surface area contributed by atoms with Crippen LogP contribution in [0.3, 0.4) is 0 Å². The van der Waals surface area contributed by atoms with Gasteiger partial charge in [0.2, 0.25) is 0 Å². The quantitative estimate of drug-likeness (QED) is 0.150. The highest BCUT2D eigenvalue weighted by atomic mass is 35.5. The van der Waals surface area contributed by atoms with Gasteiger partial charge in [-0.25, -0.2) is 0 Å². The lowest BCUT2D eigenvalue weighted by Gasteiger charge is -2.29. The number of benzene rings is 3. The number of hydrogen-bond acceptors (Lipinski definition) is 5. The molecule has 0 aromatic heterocycles. The fraction of sp³-hybridized carbons (Fsp3) is 0.208. The molecule has 1 aliphatic rings. The van der Waals surface area contributed by atoms with Gasteiger partial charge in [-0.2, -0.15) is 26.3 Å². The molecule has 38 heavy (non-hydrogen) atoms. The van der Waals surface area contributed by atoms with Gasteiger partial charge in [0, 0.05) is 33.2 Å². The maximum Gasteiger partial charge on any atom is 0.435 e. The van der Waals surface area contributed by atoms with Crippen molar-refractivity contribution in [3.63, 3.8) is 0 Å². The van der Waals surface area contributed by atoms with Crippen LogP contribution in [0.15, 0.2) is 64.9 Å². The van der Waals surface area contributed by atoms with Crippen LogP contribution in [0.5, 0.6) is 0 Å². The molecule has 4 rings (SSSR count). The van der Waals surface area contributed by atoms with Crippen LogP contribution in [0.1, 0.15) is 27.9 Å². The van der Waals surface area contributed by atoms with Gasteiger partial charge < -0.3 is 15.4 Å². The molecule has 0 saturated carbocycles. The van der Waals surface area contributed by atoms with Crippen molar-refractivity contribution in [1.82, 2.24) is 5.32 Å². The van der Waals surface area contributed by atoms with Gasteiger partial charge in [-0.15, -0.1) is 0 Å². The van der Waals surface area contributed by atoms with Gasteiger partial charge in [-0.3, -0.25) is 4.79 Å². The zero-order valence-corrected chi connectivity index (χ0v) is 20.3. The van der Waals surface area contributed by atoms with Crippen molar-refractivity contribution in [1.29, 1.82) is 0 Å². The first-order valence-corrected chi connectivity index (χ1v) is 11.4. The SMILES string of the molecule is O=C(NCC(=NO)C(F)(F)F)c1ccc(C2=NOC(c3cc(Cl)cc(Cl)c3)(C(F)(F)F)C2)c2ccccc12. The molecule has 200 valence electrons. The summed E-state index contributed by atoms with van der Waals surface area (Å²) in [5.41, 5.74) is -4.79. The van der Waals surface area contributed by atoms with Crippen LogP contribution < -0.4 is 5.32 Å².